The molecule has 1 heterocycles. The van der Waals surface area contributed by atoms with Gasteiger partial charge in [-0.2, -0.15) is 13.2 Å². The molecule has 0 aliphatic rings. The van der Waals surface area contributed by atoms with Gasteiger partial charge in [-0.3, -0.25) is 0 Å². The number of aryl methyl sites for hydroxylation is 2. The highest BCUT2D eigenvalue weighted by Crippen LogP contribution is 2.28. The molecule has 2 aromatic rings. The molecule has 5 heteroatoms. The minimum atomic E-state index is -4.52. The minimum Gasteiger partial charge on any atom is -0.230 e. The Morgan fingerprint density at radius 1 is 0.944 bits per heavy atom. The molecule has 0 saturated heterocycles. The average molecular weight is 252 g/mol. The number of nitrogens with zero attached hydrogens (tertiary/aromatic N) is 2. The smallest absolute Gasteiger partial charge is 0.230 e. The van der Waals surface area contributed by atoms with Gasteiger partial charge in [-0.05, 0) is 19.9 Å². The van der Waals surface area contributed by atoms with Crippen molar-refractivity contribution < 1.29 is 13.2 Å². The Bertz CT molecular complexity index is 559. The fourth-order valence-corrected chi connectivity index (χ4v) is 1.57. The Labute approximate surface area is 103 Å². The Morgan fingerprint density at radius 2 is 1.56 bits per heavy atom. The molecule has 94 valence electrons. The maximum Gasteiger partial charge on any atom is 0.451 e. The molecule has 1 aromatic heterocycles. The third kappa shape index (κ3) is 2.67. The number of hydrogen-bond donors (Lipinski definition) is 0. The van der Waals surface area contributed by atoms with Gasteiger partial charge < -0.3 is 0 Å². The molecule has 0 aliphatic heterocycles. The van der Waals surface area contributed by atoms with Gasteiger partial charge in [-0.1, -0.05) is 29.8 Å². The number of halogens is 3. The maximum atomic E-state index is 12.6. The molecular weight excluding hydrogens is 241 g/mol. The van der Waals surface area contributed by atoms with E-state index in [2.05, 4.69) is 9.97 Å². The Kier molecular flexibility index (Phi) is 3.07. The van der Waals surface area contributed by atoms with E-state index in [1.165, 1.54) is 6.92 Å². The lowest BCUT2D eigenvalue weighted by Crippen LogP contribution is -2.12. The first-order valence-corrected chi connectivity index (χ1v) is 5.36. The molecule has 0 unspecified atom stereocenters. The molecule has 0 N–H and O–H groups in total. The third-order valence-corrected chi connectivity index (χ3v) is 2.46. The number of rotatable bonds is 1. The minimum absolute atomic E-state index is 0.287. The van der Waals surface area contributed by atoms with Gasteiger partial charge in [0.25, 0.3) is 0 Å². The molecule has 0 aliphatic carbocycles. The summed E-state index contributed by atoms with van der Waals surface area (Å²) in [5.41, 5.74) is 2.28. The molecule has 0 bridgehead atoms. The van der Waals surface area contributed by atoms with Gasteiger partial charge in [0.05, 0.1) is 5.69 Å². The standard InChI is InChI=1S/C13H11F3N2/c1-8-3-5-10(6-4-8)11-7-9(2)17-12(18-11)13(14,15)16/h3-7H,1-2H3. The first-order chi connectivity index (χ1) is 8.36. The summed E-state index contributed by atoms with van der Waals surface area (Å²) >= 11 is 0. The van der Waals surface area contributed by atoms with Crippen LogP contribution in [-0.4, -0.2) is 9.97 Å². The highest BCUT2D eigenvalue weighted by Gasteiger charge is 2.35. The van der Waals surface area contributed by atoms with Gasteiger partial charge in [-0.25, -0.2) is 9.97 Å². The lowest BCUT2D eigenvalue weighted by Gasteiger charge is -2.08. The number of aromatic nitrogens is 2. The highest BCUT2D eigenvalue weighted by atomic mass is 19.4. The van der Waals surface area contributed by atoms with Gasteiger partial charge in [0.1, 0.15) is 0 Å². The zero-order valence-corrected chi connectivity index (χ0v) is 9.92. The SMILES string of the molecule is Cc1ccc(-c2cc(C)nc(C(F)(F)F)n2)cc1. The summed E-state index contributed by atoms with van der Waals surface area (Å²) in [5, 5.41) is 0. The van der Waals surface area contributed by atoms with E-state index >= 15 is 0 Å². The Morgan fingerprint density at radius 3 is 2.11 bits per heavy atom. The van der Waals surface area contributed by atoms with Crippen LogP contribution in [0.25, 0.3) is 11.3 Å². The summed E-state index contributed by atoms with van der Waals surface area (Å²) in [6.07, 6.45) is -4.52. The van der Waals surface area contributed by atoms with Crippen LogP contribution < -0.4 is 0 Å². The van der Waals surface area contributed by atoms with Crippen molar-refractivity contribution >= 4 is 0 Å². The molecule has 0 atom stereocenters. The van der Waals surface area contributed by atoms with E-state index in [0.29, 0.717) is 11.3 Å². The molecule has 0 amide bonds. The predicted molar refractivity (Wildman–Crippen MR) is 61.9 cm³/mol. The van der Waals surface area contributed by atoms with Crippen LogP contribution in [0.3, 0.4) is 0 Å². The molecule has 0 saturated carbocycles. The third-order valence-electron chi connectivity index (χ3n) is 2.46. The van der Waals surface area contributed by atoms with Crippen LogP contribution in [0, 0.1) is 13.8 Å². The van der Waals surface area contributed by atoms with Gasteiger partial charge in [-0.15, -0.1) is 0 Å². The van der Waals surface area contributed by atoms with E-state index in [0.717, 1.165) is 5.56 Å². The Balaban J connectivity index is 2.52. The summed E-state index contributed by atoms with van der Waals surface area (Å²) in [4.78, 5) is 6.98. The van der Waals surface area contributed by atoms with Crippen LogP contribution in [0.4, 0.5) is 13.2 Å². The topological polar surface area (TPSA) is 25.8 Å². The van der Waals surface area contributed by atoms with Crippen LogP contribution >= 0.6 is 0 Å². The molecule has 2 rings (SSSR count). The molecule has 1 aromatic carbocycles. The Hall–Kier alpha value is -1.91. The van der Waals surface area contributed by atoms with Crippen molar-refractivity contribution in [3.05, 3.63) is 47.4 Å². The molecule has 18 heavy (non-hydrogen) atoms. The van der Waals surface area contributed by atoms with E-state index in [9.17, 15) is 13.2 Å². The highest BCUT2D eigenvalue weighted by molar-refractivity contribution is 5.59. The fraction of sp³-hybridized carbons (Fsp3) is 0.231. The van der Waals surface area contributed by atoms with E-state index in [1.807, 2.05) is 19.1 Å². The largest absolute Gasteiger partial charge is 0.451 e. The van der Waals surface area contributed by atoms with Crippen molar-refractivity contribution in [2.45, 2.75) is 20.0 Å². The van der Waals surface area contributed by atoms with Crippen molar-refractivity contribution in [3.63, 3.8) is 0 Å². The quantitative estimate of drug-likeness (QED) is 0.771. The molecule has 0 radical (unpaired) electrons. The lowest BCUT2D eigenvalue weighted by molar-refractivity contribution is -0.145. The van der Waals surface area contributed by atoms with Crippen LogP contribution in [-0.2, 0) is 6.18 Å². The van der Waals surface area contributed by atoms with E-state index in [4.69, 9.17) is 0 Å². The van der Waals surface area contributed by atoms with Crippen molar-refractivity contribution in [2.75, 3.05) is 0 Å². The molecule has 0 spiro atoms. The maximum absolute atomic E-state index is 12.6. The molecule has 0 fully saturated rings. The summed E-state index contributed by atoms with van der Waals surface area (Å²) in [6.45, 7) is 3.44. The lowest BCUT2D eigenvalue weighted by atomic mass is 10.1. The molecular formula is C13H11F3N2. The first-order valence-electron chi connectivity index (χ1n) is 5.36. The van der Waals surface area contributed by atoms with E-state index in [1.54, 1.807) is 18.2 Å². The second kappa shape index (κ2) is 4.40. The van der Waals surface area contributed by atoms with Gasteiger partial charge >= 0.3 is 6.18 Å². The first kappa shape index (κ1) is 12.5. The summed E-state index contributed by atoms with van der Waals surface area (Å²) in [6, 6.07) is 8.70. The monoisotopic (exact) mass is 252 g/mol. The zero-order valence-electron chi connectivity index (χ0n) is 9.92. The second-order valence-corrected chi connectivity index (χ2v) is 4.08. The fourth-order valence-electron chi connectivity index (χ4n) is 1.57. The van der Waals surface area contributed by atoms with E-state index < -0.39 is 12.0 Å². The van der Waals surface area contributed by atoms with Crippen molar-refractivity contribution in [1.82, 2.24) is 9.97 Å². The normalized spacial score (nSPS) is 11.6. The summed E-state index contributed by atoms with van der Waals surface area (Å²) in [7, 11) is 0. The predicted octanol–water partition coefficient (Wildman–Crippen LogP) is 3.78. The summed E-state index contributed by atoms with van der Waals surface area (Å²) < 4.78 is 37.8. The van der Waals surface area contributed by atoms with Gasteiger partial charge in [0.2, 0.25) is 5.82 Å². The van der Waals surface area contributed by atoms with Crippen molar-refractivity contribution in [1.29, 1.82) is 0 Å². The number of hydrogen-bond acceptors (Lipinski definition) is 2. The molecule has 2 nitrogen and oxygen atoms in total. The second-order valence-electron chi connectivity index (χ2n) is 4.08. The average Bonchev–Trinajstić information content (AvgIpc) is 2.28. The van der Waals surface area contributed by atoms with Crippen LogP contribution in [0.15, 0.2) is 30.3 Å². The van der Waals surface area contributed by atoms with Gasteiger partial charge in [0.15, 0.2) is 0 Å². The summed E-state index contributed by atoms with van der Waals surface area (Å²) in [5.74, 6) is -1.10. The number of alkyl halides is 3. The zero-order chi connectivity index (χ0) is 13.3. The van der Waals surface area contributed by atoms with Gasteiger partial charge in [0, 0.05) is 11.3 Å². The van der Waals surface area contributed by atoms with Crippen LogP contribution in [0.5, 0.6) is 0 Å². The number of benzene rings is 1. The van der Waals surface area contributed by atoms with Crippen molar-refractivity contribution in [3.8, 4) is 11.3 Å². The van der Waals surface area contributed by atoms with Crippen molar-refractivity contribution in [2.24, 2.45) is 0 Å². The van der Waals surface area contributed by atoms with Crippen LogP contribution in [0.1, 0.15) is 17.1 Å². The van der Waals surface area contributed by atoms with E-state index in [-0.39, 0.29) is 5.69 Å². The van der Waals surface area contributed by atoms with Crippen LogP contribution in [0.2, 0.25) is 0 Å².